The molecule has 2 heterocycles. The number of ether oxygens (including phenoxy) is 1. The molecule has 1 aliphatic rings. The van der Waals surface area contributed by atoms with Crippen LogP contribution >= 0.6 is 0 Å². The highest BCUT2D eigenvalue weighted by atomic mass is 16.5. The van der Waals surface area contributed by atoms with E-state index in [9.17, 15) is 5.26 Å². The van der Waals surface area contributed by atoms with Crippen LogP contribution in [0, 0.1) is 22.1 Å². The molecule has 1 aromatic carbocycles. The molecule has 11 heteroatoms. The Bertz CT molecular complexity index is 1200. The maximum atomic E-state index is 9.43. The van der Waals surface area contributed by atoms with Crippen LogP contribution in [-0.4, -0.2) is 60.6 Å². The van der Waals surface area contributed by atoms with Gasteiger partial charge in [-0.05, 0) is 31.0 Å². The first-order chi connectivity index (χ1) is 16.1. The molecule has 1 saturated carbocycles. The predicted octanol–water partition coefficient (Wildman–Crippen LogP) is 3.02. The SMILES string of the molecule is COCCN(C)c1ccc(Nc2cc(NC3CC3)c3ncc(C#N)n3n2)cc1N(C=N)C=N. The molecular weight excluding hydrogens is 420 g/mol. The zero-order valence-corrected chi connectivity index (χ0v) is 18.5. The molecule has 0 saturated heterocycles. The first-order valence-corrected chi connectivity index (χ1v) is 10.5. The van der Waals surface area contributed by atoms with Gasteiger partial charge >= 0.3 is 0 Å². The van der Waals surface area contributed by atoms with E-state index in [-0.39, 0.29) is 0 Å². The molecule has 4 N–H and O–H groups in total. The number of nitriles is 1. The summed E-state index contributed by atoms with van der Waals surface area (Å²) in [4.78, 5) is 7.78. The Morgan fingerprint density at radius 3 is 2.73 bits per heavy atom. The smallest absolute Gasteiger partial charge is 0.178 e. The summed E-state index contributed by atoms with van der Waals surface area (Å²) in [5, 5.41) is 36.1. The fourth-order valence-electron chi connectivity index (χ4n) is 3.46. The number of fused-ring (bicyclic) bond motifs is 1. The Morgan fingerprint density at radius 2 is 2.06 bits per heavy atom. The molecule has 170 valence electrons. The normalized spacial score (nSPS) is 12.8. The van der Waals surface area contributed by atoms with Crippen LogP contribution in [0.25, 0.3) is 5.65 Å². The lowest BCUT2D eigenvalue weighted by Crippen LogP contribution is -2.26. The minimum Gasteiger partial charge on any atom is -0.383 e. The molecular formula is C22H26N10O. The van der Waals surface area contributed by atoms with Gasteiger partial charge in [0.25, 0.3) is 0 Å². The summed E-state index contributed by atoms with van der Waals surface area (Å²) in [7, 11) is 3.59. The van der Waals surface area contributed by atoms with Crippen molar-refractivity contribution in [2.24, 2.45) is 0 Å². The van der Waals surface area contributed by atoms with E-state index in [0.717, 1.165) is 42.6 Å². The van der Waals surface area contributed by atoms with Gasteiger partial charge in [0.2, 0.25) is 0 Å². The Labute approximate surface area is 191 Å². The van der Waals surface area contributed by atoms with Crippen molar-refractivity contribution >= 4 is 46.9 Å². The van der Waals surface area contributed by atoms with E-state index in [0.29, 0.717) is 42.0 Å². The third-order valence-electron chi connectivity index (χ3n) is 5.37. The summed E-state index contributed by atoms with van der Waals surface area (Å²) in [5.41, 5.74) is 4.02. The lowest BCUT2D eigenvalue weighted by atomic mass is 10.2. The van der Waals surface area contributed by atoms with E-state index in [2.05, 4.69) is 26.8 Å². The number of aromatic nitrogens is 3. The van der Waals surface area contributed by atoms with Crippen molar-refractivity contribution < 1.29 is 4.74 Å². The molecule has 0 bridgehead atoms. The molecule has 1 fully saturated rings. The van der Waals surface area contributed by atoms with E-state index >= 15 is 0 Å². The molecule has 1 aliphatic carbocycles. The molecule has 3 aromatic rings. The van der Waals surface area contributed by atoms with E-state index < -0.39 is 0 Å². The molecule has 0 atom stereocenters. The summed E-state index contributed by atoms with van der Waals surface area (Å²) in [5.74, 6) is 0.544. The first kappa shape index (κ1) is 22.0. The molecule has 33 heavy (non-hydrogen) atoms. The second-order valence-electron chi connectivity index (χ2n) is 7.76. The van der Waals surface area contributed by atoms with Gasteiger partial charge in [-0.25, -0.2) is 4.98 Å². The predicted molar refractivity (Wildman–Crippen MR) is 129 cm³/mol. The van der Waals surface area contributed by atoms with Crippen molar-refractivity contribution in [1.29, 1.82) is 16.1 Å². The average molecular weight is 447 g/mol. The number of benzene rings is 1. The zero-order chi connectivity index (χ0) is 23.4. The van der Waals surface area contributed by atoms with Gasteiger partial charge in [-0.15, -0.1) is 5.10 Å². The van der Waals surface area contributed by atoms with Crippen LogP contribution in [0.2, 0.25) is 0 Å². The molecule has 0 spiro atoms. The molecule has 2 aromatic heterocycles. The summed E-state index contributed by atoms with van der Waals surface area (Å²) < 4.78 is 6.71. The summed E-state index contributed by atoms with van der Waals surface area (Å²) in [6.07, 6.45) is 5.90. The van der Waals surface area contributed by atoms with E-state index in [1.54, 1.807) is 7.11 Å². The topological polar surface area (TPSA) is 141 Å². The van der Waals surface area contributed by atoms with Gasteiger partial charge in [-0.2, -0.15) is 9.78 Å². The first-order valence-electron chi connectivity index (χ1n) is 10.5. The molecule has 0 unspecified atom stereocenters. The third kappa shape index (κ3) is 4.70. The van der Waals surface area contributed by atoms with Crippen molar-refractivity contribution in [2.45, 2.75) is 18.9 Å². The Hall–Kier alpha value is -4.17. The van der Waals surface area contributed by atoms with E-state index in [1.807, 2.05) is 36.2 Å². The minimum atomic E-state index is 0.349. The van der Waals surface area contributed by atoms with Crippen molar-refractivity contribution in [3.05, 3.63) is 36.2 Å². The van der Waals surface area contributed by atoms with Gasteiger partial charge in [-0.3, -0.25) is 15.7 Å². The van der Waals surface area contributed by atoms with E-state index in [4.69, 9.17) is 15.6 Å². The van der Waals surface area contributed by atoms with Crippen LogP contribution in [0.1, 0.15) is 18.5 Å². The third-order valence-corrected chi connectivity index (χ3v) is 5.37. The maximum Gasteiger partial charge on any atom is 0.178 e. The van der Waals surface area contributed by atoms with Crippen molar-refractivity contribution in [3.63, 3.8) is 0 Å². The van der Waals surface area contributed by atoms with Gasteiger partial charge in [0.05, 0.1) is 42.5 Å². The Balaban J connectivity index is 1.70. The quantitative estimate of drug-likeness (QED) is 0.260. The molecule has 0 amide bonds. The number of hydrogen-bond donors (Lipinski definition) is 4. The maximum absolute atomic E-state index is 9.43. The van der Waals surface area contributed by atoms with Crippen LogP contribution < -0.4 is 20.4 Å². The summed E-state index contributed by atoms with van der Waals surface area (Å²) >= 11 is 0. The number of likely N-dealkylation sites (N-methyl/N-ethyl adjacent to an activating group) is 1. The van der Waals surface area contributed by atoms with Crippen LogP contribution in [0.15, 0.2) is 30.5 Å². The van der Waals surface area contributed by atoms with Gasteiger partial charge in [0, 0.05) is 38.5 Å². The van der Waals surface area contributed by atoms with Crippen molar-refractivity contribution in [3.8, 4) is 6.07 Å². The van der Waals surface area contributed by atoms with Crippen LogP contribution in [-0.2, 0) is 4.74 Å². The monoisotopic (exact) mass is 446 g/mol. The molecule has 0 aliphatic heterocycles. The van der Waals surface area contributed by atoms with Crippen LogP contribution in [0.3, 0.4) is 0 Å². The van der Waals surface area contributed by atoms with Crippen LogP contribution in [0.5, 0.6) is 0 Å². The summed E-state index contributed by atoms with van der Waals surface area (Å²) in [6, 6.07) is 10.1. The second kappa shape index (κ2) is 9.54. The highest BCUT2D eigenvalue weighted by Gasteiger charge is 2.23. The molecule has 11 nitrogen and oxygen atoms in total. The zero-order valence-electron chi connectivity index (χ0n) is 18.5. The minimum absolute atomic E-state index is 0.349. The number of methoxy groups -OCH3 is 1. The van der Waals surface area contributed by atoms with Gasteiger partial charge in [0.15, 0.2) is 17.2 Å². The average Bonchev–Trinajstić information content (AvgIpc) is 3.54. The van der Waals surface area contributed by atoms with Gasteiger partial charge in [0.1, 0.15) is 6.07 Å². The van der Waals surface area contributed by atoms with Crippen molar-refractivity contribution in [2.75, 3.05) is 47.7 Å². The Morgan fingerprint density at radius 1 is 1.27 bits per heavy atom. The lowest BCUT2D eigenvalue weighted by molar-refractivity contribution is 0.206. The van der Waals surface area contributed by atoms with Crippen molar-refractivity contribution in [1.82, 2.24) is 14.6 Å². The second-order valence-corrected chi connectivity index (χ2v) is 7.76. The number of nitrogens with one attached hydrogen (secondary N) is 4. The highest BCUT2D eigenvalue weighted by molar-refractivity contribution is 6.02. The molecule has 0 radical (unpaired) electrons. The summed E-state index contributed by atoms with van der Waals surface area (Å²) in [6.45, 7) is 1.21. The largest absolute Gasteiger partial charge is 0.383 e. The number of nitrogens with zero attached hydrogens (tertiary/aromatic N) is 6. The Kier molecular flexibility index (Phi) is 6.37. The number of rotatable bonds is 11. The number of hydrogen-bond acceptors (Lipinski definition) is 9. The van der Waals surface area contributed by atoms with Crippen LogP contribution in [0.4, 0.5) is 28.6 Å². The highest BCUT2D eigenvalue weighted by Crippen LogP contribution is 2.33. The molecule has 4 rings (SSSR count). The van der Waals surface area contributed by atoms with E-state index in [1.165, 1.54) is 15.6 Å². The van der Waals surface area contributed by atoms with Gasteiger partial charge < -0.3 is 20.3 Å². The number of anilines is 5. The standard InChI is InChI=1S/C22H26N10O/c1-30(7-8-33-2)19-6-5-16(9-20(19)31(13-24)14-25)28-21-10-18(27-15-3-4-15)22-26-12-17(11-23)32(22)29-21/h5-6,9-10,12-15,24-25,27H,3-4,7-8H2,1-2H3,(H,28,29). The number of imidazole rings is 1. The van der Waals surface area contributed by atoms with Gasteiger partial charge in [-0.1, -0.05) is 0 Å². The fourth-order valence-corrected chi connectivity index (χ4v) is 3.46. The fraction of sp³-hybridized carbons (Fsp3) is 0.318. The lowest BCUT2D eigenvalue weighted by Gasteiger charge is -2.26.